The highest BCUT2D eigenvalue weighted by Crippen LogP contribution is 2.44. The topological polar surface area (TPSA) is 63.3 Å². The van der Waals surface area contributed by atoms with Crippen LogP contribution in [0.3, 0.4) is 0 Å². The van der Waals surface area contributed by atoms with E-state index in [0.29, 0.717) is 18.7 Å². The molecule has 0 saturated heterocycles. The van der Waals surface area contributed by atoms with Gasteiger partial charge in [0.2, 0.25) is 5.89 Å². The summed E-state index contributed by atoms with van der Waals surface area (Å²) in [4.78, 5) is 16.1. The maximum absolute atomic E-state index is 11.6. The van der Waals surface area contributed by atoms with Gasteiger partial charge in [0.05, 0.1) is 5.41 Å². The Morgan fingerprint density at radius 3 is 2.55 bits per heavy atom. The first-order valence-corrected chi connectivity index (χ1v) is 6.98. The average molecular weight is 273 g/mol. The second-order valence-electron chi connectivity index (χ2n) is 6.69. The molecule has 1 aromatic carbocycles. The van der Waals surface area contributed by atoms with Gasteiger partial charge in [-0.3, -0.25) is 4.79 Å². The van der Waals surface area contributed by atoms with Gasteiger partial charge in [-0.1, -0.05) is 33.3 Å². The third-order valence-electron chi connectivity index (χ3n) is 4.20. The number of hydrogen-bond donors (Lipinski definition) is 1. The van der Waals surface area contributed by atoms with E-state index in [-0.39, 0.29) is 5.41 Å². The molecular formula is C16H19NO3. The van der Waals surface area contributed by atoms with Crippen LogP contribution >= 0.6 is 0 Å². The Balaban J connectivity index is 2.09. The fourth-order valence-electron chi connectivity index (χ4n) is 2.70. The minimum atomic E-state index is -0.734. The summed E-state index contributed by atoms with van der Waals surface area (Å²) in [6.45, 7) is 6.13. The predicted molar refractivity (Wildman–Crippen MR) is 75.9 cm³/mol. The van der Waals surface area contributed by atoms with Crippen molar-refractivity contribution in [1.82, 2.24) is 4.98 Å². The van der Waals surface area contributed by atoms with Gasteiger partial charge in [-0.05, 0) is 30.5 Å². The Bertz CT molecular complexity index is 675. The van der Waals surface area contributed by atoms with Gasteiger partial charge in [-0.2, -0.15) is 0 Å². The lowest BCUT2D eigenvalue weighted by Crippen LogP contribution is -2.42. The van der Waals surface area contributed by atoms with Crippen LogP contribution < -0.4 is 0 Å². The van der Waals surface area contributed by atoms with E-state index in [9.17, 15) is 9.90 Å². The summed E-state index contributed by atoms with van der Waals surface area (Å²) in [5, 5.41) is 9.50. The number of carboxylic acids is 1. The van der Waals surface area contributed by atoms with Crippen LogP contribution in [0.15, 0.2) is 22.6 Å². The van der Waals surface area contributed by atoms with Crippen LogP contribution in [-0.4, -0.2) is 16.1 Å². The van der Waals surface area contributed by atoms with E-state index in [1.165, 1.54) is 0 Å². The highest BCUT2D eigenvalue weighted by atomic mass is 16.4. The van der Waals surface area contributed by atoms with Crippen molar-refractivity contribution in [2.75, 3.05) is 0 Å². The average Bonchev–Trinajstić information content (AvgIpc) is 2.69. The SMILES string of the molecule is CC(C)(C)c1nc2cc(C3(C(=O)O)CCC3)ccc2o1. The number of carboxylic acid groups (broad SMARTS) is 1. The lowest BCUT2D eigenvalue weighted by Gasteiger charge is -2.38. The molecule has 106 valence electrons. The standard InChI is InChI=1S/C16H19NO3/c1-15(2,3)13-17-11-9-10(5-6-12(11)20-13)16(14(18)19)7-4-8-16/h5-6,9H,4,7-8H2,1-3H3,(H,18,19). The molecule has 4 nitrogen and oxygen atoms in total. The van der Waals surface area contributed by atoms with Crippen LogP contribution in [0.4, 0.5) is 0 Å². The van der Waals surface area contributed by atoms with Crippen molar-refractivity contribution >= 4 is 17.1 Å². The Labute approximate surface area is 117 Å². The maximum atomic E-state index is 11.6. The third kappa shape index (κ3) is 1.82. The number of oxazole rings is 1. The second-order valence-corrected chi connectivity index (χ2v) is 6.69. The highest BCUT2D eigenvalue weighted by Gasteiger charge is 2.46. The molecule has 0 spiro atoms. The third-order valence-corrected chi connectivity index (χ3v) is 4.20. The van der Waals surface area contributed by atoms with E-state index < -0.39 is 11.4 Å². The van der Waals surface area contributed by atoms with Crippen molar-refractivity contribution < 1.29 is 14.3 Å². The van der Waals surface area contributed by atoms with Crippen LogP contribution in [0, 0.1) is 0 Å². The predicted octanol–water partition coefficient (Wildman–Crippen LogP) is 3.63. The number of aliphatic carboxylic acids is 1. The highest BCUT2D eigenvalue weighted by molar-refractivity contribution is 5.85. The van der Waals surface area contributed by atoms with Gasteiger partial charge in [0.15, 0.2) is 5.58 Å². The Kier molecular flexibility index (Phi) is 2.68. The van der Waals surface area contributed by atoms with Crippen molar-refractivity contribution in [3.8, 4) is 0 Å². The number of carbonyl (C=O) groups is 1. The second kappa shape index (κ2) is 4.08. The van der Waals surface area contributed by atoms with E-state index in [2.05, 4.69) is 4.98 Å². The van der Waals surface area contributed by atoms with Gasteiger partial charge in [-0.15, -0.1) is 0 Å². The molecule has 1 heterocycles. The zero-order valence-electron chi connectivity index (χ0n) is 12.1. The summed E-state index contributed by atoms with van der Waals surface area (Å²) in [6.07, 6.45) is 2.38. The summed E-state index contributed by atoms with van der Waals surface area (Å²) in [5.74, 6) is -0.0507. The minimum absolute atomic E-state index is 0.153. The molecule has 0 amide bonds. The van der Waals surface area contributed by atoms with Crippen LogP contribution in [0.5, 0.6) is 0 Å². The lowest BCUT2D eigenvalue weighted by molar-refractivity contribution is -0.147. The molecule has 0 radical (unpaired) electrons. The molecule has 3 rings (SSSR count). The largest absolute Gasteiger partial charge is 0.481 e. The van der Waals surface area contributed by atoms with Crippen molar-refractivity contribution in [1.29, 1.82) is 0 Å². The number of rotatable bonds is 2. The first-order valence-electron chi connectivity index (χ1n) is 6.98. The summed E-state index contributed by atoms with van der Waals surface area (Å²) in [5.41, 5.74) is 1.45. The number of hydrogen-bond acceptors (Lipinski definition) is 3. The zero-order chi connectivity index (χ0) is 14.5. The first kappa shape index (κ1) is 13.2. The van der Waals surface area contributed by atoms with Crippen molar-refractivity contribution in [3.05, 3.63) is 29.7 Å². The summed E-state index contributed by atoms with van der Waals surface area (Å²) in [6, 6.07) is 5.59. The smallest absolute Gasteiger partial charge is 0.314 e. The number of nitrogens with zero attached hydrogens (tertiary/aromatic N) is 1. The van der Waals surface area contributed by atoms with Crippen LogP contribution in [0.1, 0.15) is 51.5 Å². The van der Waals surface area contributed by atoms with E-state index in [1.807, 2.05) is 39.0 Å². The van der Waals surface area contributed by atoms with Crippen molar-refractivity contribution in [2.45, 2.75) is 50.9 Å². The molecule has 4 heteroatoms. The molecule has 20 heavy (non-hydrogen) atoms. The van der Waals surface area contributed by atoms with E-state index in [0.717, 1.165) is 23.1 Å². The van der Waals surface area contributed by atoms with Gasteiger partial charge in [-0.25, -0.2) is 4.98 Å². The normalized spacial score (nSPS) is 17.9. The molecule has 1 aliphatic rings. The molecule has 1 N–H and O–H groups in total. The number of benzene rings is 1. The first-order chi connectivity index (χ1) is 9.33. The molecule has 1 saturated carbocycles. The molecule has 1 aromatic heterocycles. The van der Waals surface area contributed by atoms with Gasteiger partial charge >= 0.3 is 5.97 Å². The van der Waals surface area contributed by atoms with Crippen LogP contribution in [0.2, 0.25) is 0 Å². The van der Waals surface area contributed by atoms with Gasteiger partial charge in [0.25, 0.3) is 0 Å². The maximum Gasteiger partial charge on any atom is 0.314 e. The molecule has 2 aromatic rings. The molecule has 0 aliphatic heterocycles. The van der Waals surface area contributed by atoms with Gasteiger partial charge in [0, 0.05) is 5.41 Å². The molecular weight excluding hydrogens is 254 g/mol. The van der Waals surface area contributed by atoms with Crippen LogP contribution in [0.25, 0.3) is 11.1 Å². The lowest BCUT2D eigenvalue weighted by atomic mass is 9.64. The summed E-state index contributed by atoms with van der Waals surface area (Å²) >= 11 is 0. The zero-order valence-corrected chi connectivity index (χ0v) is 12.1. The van der Waals surface area contributed by atoms with Gasteiger partial charge in [0.1, 0.15) is 5.52 Å². The van der Waals surface area contributed by atoms with E-state index in [1.54, 1.807) is 0 Å². The van der Waals surface area contributed by atoms with E-state index in [4.69, 9.17) is 4.42 Å². The molecule has 1 fully saturated rings. The molecule has 0 atom stereocenters. The Hall–Kier alpha value is -1.84. The fraction of sp³-hybridized carbons (Fsp3) is 0.500. The van der Waals surface area contributed by atoms with Crippen molar-refractivity contribution in [3.63, 3.8) is 0 Å². The molecule has 0 bridgehead atoms. The number of aromatic nitrogens is 1. The van der Waals surface area contributed by atoms with Crippen molar-refractivity contribution in [2.24, 2.45) is 0 Å². The van der Waals surface area contributed by atoms with E-state index >= 15 is 0 Å². The van der Waals surface area contributed by atoms with Crippen LogP contribution in [-0.2, 0) is 15.6 Å². The van der Waals surface area contributed by atoms with Gasteiger partial charge < -0.3 is 9.52 Å². The fourth-order valence-corrected chi connectivity index (χ4v) is 2.70. The molecule has 0 unspecified atom stereocenters. The quantitative estimate of drug-likeness (QED) is 0.907. The summed E-state index contributed by atoms with van der Waals surface area (Å²) < 4.78 is 5.75. The molecule has 1 aliphatic carbocycles. The Morgan fingerprint density at radius 1 is 1.35 bits per heavy atom. The Morgan fingerprint density at radius 2 is 2.05 bits per heavy atom. The monoisotopic (exact) mass is 273 g/mol. The summed E-state index contributed by atoms with van der Waals surface area (Å²) in [7, 11) is 0. The minimum Gasteiger partial charge on any atom is -0.481 e. The number of fused-ring (bicyclic) bond motifs is 1.